The number of nitrogens with zero attached hydrogens (tertiary/aromatic N) is 1. The highest BCUT2D eigenvalue weighted by molar-refractivity contribution is 7.80. The van der Waals surface area contributed by atoms with Gasteiger partial charge < -0.3 is 16.4 Å². The Hall–Kier alpha value is -2.67. The maximum Gasteiger partial charge on any atom is 0.294 e. The van der Waals surface area contributed by atoms with Crippen LogP contribution in [-0.2, 0) is 0 Å². The zero-order chi connectivity index (χ0) is 15.4. The van der Waals surface area contributed by atoms with E-state index in [1.807, 2.05) is 31.2 Å². The number of nitrogen functional groups attached to an aromatic ring is 1. The summed E-state index contributed by atoms with van der Waals surface area (Å²) in [6.45, 7) is 1.96. The monoisotopic (exact) mass is 302 g/mol. The zero-order valence-electron chi connectivity index (χ0n) is 11.3. The number of benzene rings is 2. The second kappa shape index (κ2) is 6.19. The van der Waals surface area contributed by atoms with E-state index in [1.54, 1.807) is 6.07 Å². The lowest BCUT2D eigenvalue weighted by molar-refractivity contribution is -0.383. The number of thiocarbonyl (C=S) groups is 1. The van der Waals surface area contributed by atoms with Crippen LogP contribution in [0, 0.1) is 17.0 Å². The van der Waals surface area contributed by atoms with Crippen LogP contribution in [0.3, 0.4) is 0 Å². The second-order valence-electron chi connectivity index (χ2n) is 4.42. The van der Waals surface area contributed by atoms with Gasteiger partial charge in [-0.25, -0.2) is 0 Å². The van der Waals surface area contributed by atoms with Crippen LogP contribution < -0.4 is 16.4 Å². The lowest BCUT2D eigenvalue weighted by Gasteiger charge is -2.12. The molecule has 0 aliphatic heterocycles. The van der Waals surface area contributed by atoms with Gasteiger partial charge >= 0.3 is 0 Å². The first-order valence-corrected chi connectivity index (χ1v) is 6.56. The average Bonchev–Trinajstić information content (AvgIpc) is 2.43. The predicted molar refractivity (Wildman–Crippen MR) is 88.5 cm³/mol. The molecule has 0 aromatic heterocycles. The molecular weight excluding hydrogens is 288 g/mol. The molecule has 0 fully saturated rings. The van der Waals surface area contributed by atoms with Gasteiger partial charge in [0.05, 0.1) is 4.92 Å². The highest BCUT2D eigenvalue weighted by Crippen LogP contribution is 2.25. The van der Waals surface area contributed by atoms with Gasteiger partial charge in [-0.2, -0.15) is 0 Å². The molecule has 0 amide bonds. The maximum absolute atomic E-state index is 10.8. The van der Waals surface area contributed by atoms with Gasteiger partial charge in [0.2, 0.25) is 0 Å². The Balaban J connectivity index is 2.12. The normalized spacial score (nSPS) is 9.95. The van der Waals surface area contributed by atoms with Gasteiger partial charge in [0.25, 0.3) is 5.69 Å². The third-order valence-corrected chi connectivity index (χ3v) is 3.08. The van der Waals surface area contributed by atoms with E-state index in [0.29, 0.717) is 10.8 Å². The molecule has 0 aliphatic rings. The van der Waals surface area contributed by atoms with E-state index in [1.165, 1.54) is 12.1 Å². The fraction of sp³-hybridized carbons (Fsp3) is 0.0714. The van der Waals surface area contributed by atoms with Crippen molar-refractivity contribution in [3.63, 3.8) is 0 Å². The highest BCUT2D eigenvalue weighted by Gasteiger charge is 2.12. The van der Waals surface area contributed by atoms with E-state index < -0.39 is 4.92 Å². The number of nitrogens with one attached hydrogen (secondary N) is 2. The van der Waals surface area contributed by atoms with Crippen molar-refractivity contribution >= 4 is 40.1 Å². The summed E-state index contributed by atoms with van der Waals surface area (Å²) in [5.41, 5.74) is 7.93. The van der Waals surface area contributed by atoms with Gasteiger partial charge in [0.1, 0.15) is 5.69 Å². The van der Waals surface area contributed by atoms with Crippen LogP contribution in [0.2, 0.25) is 0 Å². The Kier molecular flexibility index (Phi) is 4.34. The van der Waals surface area contributed by atoms with Gasteiger partial charge in [-0.1, -0.05) is 18.2 Å². The first kappa shape index (κ1) is 14.7. The lowest BCUT2D eigenvalue weighted by atomic mass is 10.2. The Bertz CT molecular complexity index is 703. The molecule has 108 valence electrons. The molecule has 0 bridgehead atoms. The quantitative estimate of drug-likeness (QED) is 0.349. The molecule has 0 radical (unpaired) electrons. The molecule has 0 atom stereocenters. The number of nitrogens with two attached hydrogens (primary N) is 1. The van der Waals surface area contributed by atoms with Gasteiger partial charge in [-0.15, -0.1) is 0 Å². The van der Waals surface area contributed by atoms with Crippen molar-refractivity contribution in [1.82, 2.24) is 0 Å². The molecule has 21 heavy (non-hydrogen) atoms. The maximum atomic E-state index is 10.8. The van der Waals surface area contributed by atoms with Crippen molar-refractivity contribution in [3.05, 3.63) is 58.1 Å². The number of nitro benzene ring substituents is 1. The SMILES string of the molecule is Cc1ccccc1NC(=S)Nc1ccc(N)c([N+](=O)[O-])c1. The van der Waals surface area contributed by atoms with Gasteiger partial charge in [0.15, 0.2) is 5.11 Å². The number of anilines is 3. The minimum Gasteiger partial charge on any atom is -0.393 e. The third-order valence-electron chi connectivity index (χ3n) is 2.88. The summed E-state index contributed by atoms with van der Waals surface area (Å²) in [7, 11) is 0. The molecule has 2 aromatic carbocycles. The molecule has 2 rings (SSSR count). The molecule has 6 nitrogen and oxygen atoms in total. The van der Waals surface area contributed by atoms with Crippen LogP contribution in [0.5, 0.6) is 0 Å². The van der Waals surface area contributed by atoms with Crippen LogP contribution in [0.4, 0.5) is 22.7 Å². The minimum atomic E-state index is -0.529. The first-order valence-electron chi connectivity index (χ1n) is 6.15. The van der Waals surface area contributed by atoms with Crippen molar-refractivity contribution in [2.45, 2.75) is 6.92 Å². The van der Waals surface area contributed by atoms with Gasteiger partial charge in [0, 0.05) is 17.4 Å². The molecule has 4 N–H and O–H groups in total. The number of hydrogen-bond donors (Lipinski definition) is 3. The zero-order valence-corrected chi connectivity index (χ0v) is 12.1. The summed E-state index contributed by atoms with van der Waals surface area (Å²) in [5, 5.41) is 17.1. The van der Waals surface area contributed by atoms with Crippen LogP contribution in [0.15, 0.2) is 42.5 Å². The molecule has 0 saturated heterocycles. The third kappa shape index (κ3) is 3.67. The van der Waals surface area contributed by atoms with Crippen molar-refractivity contribution in [3.8, 4) is 0 Å². The van der Waals surface area contributed by atoms with Gasteiger partial charge in [-0.3, -0.25) is 10.1 Å². The summed E-state index contributed by atoms with van der Waals surface area (Å²) < 4.78 is 0. The number of hydrogen-bond acceptors (Lipinski definition) is 4. The molecule has 0 aliphatic carbocycles. The van der Waals surface area contributed by atoms with Crippen LogP contribution in [0.25, 0.3) is 0 Å². The van der Waals surface area contributed by atoms with E-state index in [9.17, 15) is 10.1 Å². The topological polar surface area (TPSA) is 93.2 Å². The number of aryl methyl sites for hydroxylation is 1. The van der Waals surface area contributed by atoms with E-state index in [4.69, 9.17) is 18.0 Å². The summed E-state index contributed by atoms with van der Waals surface area (Å²) >= 11 is 5.20. The Morgan fingerprint density at radius 1 is 1.24 bits per heavy atom. The van der Waals surface area contributed by atoms with Crippen LogP contribution >= 0.6 is 12.2 Å². The van der Waals surface area contributed by atoms with E-state index in [-0.39, 0.29) is 11.4 Å². The molecule has 2 aromatic rings. The average molecular weight is 302 g/mol. The second-order valence-corrected chi connectivity index (χ2v) is 4.83. The van der Waals surface area contributed by atoms with Crippen molar-refractivity contribution in [2.75, 3.05) is 16.4 Å². The number of nitro groups is 1. The van der Waals surface area contributed by atoms with E-state index in [0.717, 1.165) is 11.3 Å². The van der Waals surface area contributed by atoms with Gasteiger partial charge in [-0.05, 0) is 42.9 Å². The number of para-hydroxylation sites is 1. The standard InChI is InChI=1S/C14H14N4O2S/c1-9-4-2-3-5-12(9)17-14(21)16-10-6-7-11(15)13(8-10)18(19)20/h2-8H,15H2,1H3,(H2,16,17,21). The minimum absolute atomic E-state index is 0.114. The smallest absolute Gasteiger partial charge is 0.294 e. The highest BCUT2D eigenvalue weighted by atomic mass is 32.1. The molecular formula is C14H14N4O2S. The van der Waals surface area contributed by atoms with Crippen molar-refractivity contribution in [1.29, 1.82) is 0 Å². The number of rotatable bonds is 3. The summed E-state index contributed by atoms with van der Waals surface area (Å²) in [5.74, 6) is 0. The van der Waals surface area contributed by atoms with Crippen LogP contribution in [-0.4, -0.2) is 10.0 Å². The molecule has 0 heterocycles. The Morgan fingerprint density at radius 3 is 2.62 bits per heavy atom. The van der Waals surface area contributed by atoms with E-state index in [2.05, 4.69) is 10.6 Å². The predicted octanol–water partition coefficient (Wildman–Crippen LogP) is 3.29. The van der Waals surface area contributed by atoms with Crippen molar-refractivity contribution in [2.24, 2.45) is 0 Å². The first-order chi connectivity index (χ1) is 9.97. The fourth-order valence-electron chi connectivity index (χ4n) is 1.78. The summed E-state index contributed by atoms with van der Waals surface area (Å²) in [4.78, 5) is 10.3. The molecule has 7 heteroatoms. The molecule has 0 unspecified atom stereocenters. The Morgan fingerprint density at radius 2 is 1.95 bits per heavy atom. The fourth-order valence-corrected chi connectivity index (χ4v) is 2.01. The van der Waals surface area contributed by atoms with Crippen LogP contribution in [0.1, 0.15) is 5.56 Å². The lowest BCUT2D eigenvalue weighted by Crippen LogP contribution is -2.19. The van der Waals surface area contributed by atoms with E-state index >= 15 is 0 Å². The summed E-state index contributed by atoms with van der Waals surface area (Å²) in [6, 6.07) is 12.1. The Labute approximate surface area is 127 Å². The molecule has 0 saturated carbocycles. The largest absolute Gasteiger partial charge is 0.393 e. The van der Waals surface area contributed by atoms with Crippen molar-refractivity contribution < 1.29 is 4.92 Å². The summed E-state index contributed by atoms with van der Waals surface area (Å²) in [6.07, 6.45) is 0. The molecule has 0 spiro atoms.